The number of aromatic nitrogens is 4. The third kappa shape index (κ3) is 2.70. The molecule has 0 N–H and O–H groups in total. The minimum atomic E-state index is 0.562. The molecule has 8 heteroatoms. The number of rotatable bonds is 4. The Balaban J connectivity index is 1.93. The molecule has 0 aliphatic heterocycles. The van der Waals surface area contributed by atoms with Crippen LogP contribution in [0.1, 0.15) is 19.7 Å². The summed E-state index contributed by atoms with van der Waals surface area (Å²) < 4.78 is 8.00. The van der Waals surface area contributed by atoms with Gasteiger partial charge in [-0.15, -0.1) is 15.3 Å². The largest absolute Gasteiger partial charge is 0.447 e. The second-order valence-electron chi connectivity index (χ2n) is 4.18. The molecule has 0 aliphatic rings. The Morgan fingerprint density at radius 2 is 2.26 bits per heavy atom. The SMILES string of the molecule is CC(C)SCc1nnc2sc(-c3ccc(Br)o3)nn12. The predicted molar refractivity (Wildman–Crippen MR) is 80.5 cm³/mol. The molecule has 0 amide bonds. The highest BCUT2D eigenvalue weighted by Gasteiger charge is 2.15. The van der Waals surface area contributed by atoms with Crippen LogP contribution in [0.2, 0.25) is 0 Å². The summed E-state index contributed by atoms with van der Waals surface area (Å²) in [6.45, 7) is 4.32. The maximum Gasteiger partial charge on any atom is 0.235 e. The number of hydrogen-bond donors (Lipinski definition) is 0. The lowest BCUT2D eigenvalue weighted by atomic mass is 10.5. The maximum atomic E-state index is 5.50. The fraction of sp³-hybridized carbons (Fsp3) is 0.364. The molecule has 3 aromatic rings. The zero-order chi connectivity index (χ0) is 13.4. The molecule has 0 spiro atoms. The van der Waals surface area contributed by atoms with E-state index in [4.69, 9.17) is 4.42 Å². The summed E-state index contributed by atoms with van der Waals surface area (Å²) in [5.74, 6) is 2.43. The topological polar surface area (TPSA) is 56.2 Å². The Morgan fingerprint density at radius 1 is 1.42 bits per heavy atom. The van der Waals surface area contributed by atoms with Gasteiger partial charge in [-0.05, 0) is 33.3 Å². The van der Waals surface area contributed by atoms with Crippen molar-refractivity contribution in [3.8, 4) is 10.8 Å². The van der Waals surface area contributed by atoms with Gasteiger partial charge in [0.25, 0.3) is 0 Å². The van der Waals surface area contributed by atoms with Crippen molar-refractivity contribution in [2.45, 2.75) is 24.9 Å². The molecule has 3 heterocycles. The molecule has 0 fully saturated rings. The average Bonchev–Trinajstić information content (AvgIpc) is 3.00. The first-order chi connectivity index (χ1) is 9.13. The molecular weight excluding hydrogens is 348 g/mol. The van der Waals surface area contributed by atoms with Crippen molar-refractivity contribution in [1.82, 2.24) is 19.8 Å². The van der Waals surface area contributed by atoms with Gasteiger partial charge in [-0.2, -0.15) is 16.3 Å². The first-order valence-corrected chi connectivity index (χ1v) is 8.38. The minimum absolute atomic E-state index is 0.562. The van der Waals surface area contributed by atoms with Crippen LogP contribution in [0.5, 0.6) is 0 Å². The Kier molecular flexibility index (Phi) is 3.64. The van der Waals surface area contributed by atoms with Gasteiger partial charge in [0.05, 0.1) is 5.75 Å². The second kappa shape index (κ2) is 5.26. The van der Waals surface area contributed by atoms with E-state index in [1.807, 2.05) is 23.9 Å². The molecular formula is C11H11BrN4OS2. The van der Waals surface area contributed by atoms with Crippen LogP contribution in [-0.2, 0) is 5.75 Å². The van der Waals surface area contributed by atoms with E-state index in [0.717, 1.165) is 27.3 Å². The number of halogens is 1. The summed E-state index contributed by atoms with van der Waals surface area (Å²) in [4.78, 5) is 0.793. The van der Waals surface area contributed by atoms with Crippen LogP contribution < -0.4 is 0 Å². The molecule has 0 unspecified atom stereocenters. The van der Waals surface area contributed by atoms with Crippen molar-refractivity contribution in [2.75, 3.05) is 0 Å². The zero-order valence-electron chi connectivity index (χ0n) is 10.3. The molecule has 3 rings (SSSR count). The summed E-state index contributed by atoms with van der Waals surface area (Å²) in [6, 6.07) is 3.74. The molecule has 0 bridgehead atoms. The van der Waals surface area contributed by atoms with Crippen molar-refractivity contribution in [3.05, 3.63) is 22.6 Å². The number of furan rings is 1. The molecule has 0 saturated heterocycles. The summed E-state index contributed by atoms with van der Waals surface area (Å²) in [7, 11) is 0. The smallest absolute Gasteiger partial charge is 0.235 e. The van der Waals surface area contributed by atoms with E-state index < -0.39 is 0 Å². The molecule has 0 aromatic carbocycles. The van der Waals surface area contributed by atoms with Crippen LogP contribution in [0, 0.1) is 0 Å². The molecule has 100 valence electrons. The Bertz CT molecular complexity index is 702. The zero-order valence-corrected chi connectivity index (χ0v) is 13.5. The first-order valence-electron chi connectivity index (χ1n) is 5.72. The lowest BCUT2D eigenvalue weighted by molar-refractivity contribution is 0.554. The summed E-state index contributed by atoms with van der Waals surface area (Å²) >= 11 is 6.59. The van der Waals surface area contributed by atoms with E-state index >= 15 is 0 Å². The standard InChI is InChI=1S/C11H11BrN4OS2/c1-6(2)18-5-9-13-14-11-16(9)15-10(19-11)7-3-4-8(12)17-7/h3-4,6H,5H2,1-2H3. The highest BCUT2D eigenvalue weighted by atomic mass is 79.9. The molecule has 0 radical (unpaired) electrons. The van der Waals surface area contributed by atoms with E-state index in [1.165, 1.54) is 11.3 Å². The molecule has 19 heavy (non-hydrogen) atoms. The van der Waals surface area contributed by atoms with Gasteiger partial charge in [0, 0.05) is 0 Å². The summed E-state index contributed by atoms with van der Waals surface area (Å²) in [6.07, 6.45) is 0. The fourth-order valence-electron chi connectivity index (χ4n) is 1.52. The molecule has 5 nitrogen and oxygen atoms in total. The first kappa shape index (κ1) is 13.1. The van der Waals surface area contributed by atoms with Crippen LogP contribution in [0.15, 0.2) is 21.2 Å². The van der Waals surface area contributed by atoms with Crippen LogP contribution in [0.3, 0.4) is 0 Å². The lowest BCUT2D eigenvalue weighted by Crippen LogP contribution is -1.96. The van der Waals surface area contributed by atoms with Crippen molar-refractivity contribution >= 4 is 44.0 Å². The van der Waals surface area contributed by atoms with Crippen LogP contribution in [0.25, 0.3) is 15.7 Å². The monoisotopic (exact) mass is 358 g/mol. The van der Waals surface area contributed by atoms with E-state index in [1.54, 1.807) is 4.52 Å². The maximum absolute atomic E-state index is 5.50. The summed E-state index contributed by atoms with van der Waals surface area (Å²) in [5, 5.41) is 14.2. The van der Waals surface area contributed by atoms with Gasteiger partial charge in [0.15, 0.2) is 21.3 Å². The van der Waals surface area contributed by atoms with E-state index in [2.05, 4.69) is 45.1 Å². The van der Waals surface area contributed by atoms with Crippen LogP contribution in [0.4, 0.5) is 0 Å². The number of hydrogen-bond acceptors (Lipinski definition) is 6. The number of fused-ring (bicyclic) bond motifs is 1. The highest BCUT2D eigenvalue weighted by molar-refractivity contribution is 9.10. The van der Waals surface area contributed by atoms with Gasteiger partial charge in [0.1, 0.15) is 0 Å². The van der Waals surface area contributed by atoms with E-state index in [9.17, 15) is 0 Å². The van der Waals surface area contributed by atoms with Crippen molar-refractivity contribution in [2.24, 2.45) is 0 Å². The third-order valence-corrected chi connectivity index (χ3v) is 4.82. The van der Waals surface area contributed by atoms with Crippen molar-refractivity contribution < 1.29 is 4.42 Å². The Morgan fingerprint density at radius 3 is 2.95 bits per heavy atom. The minimum Gasteiger partial charge on any atom is -0.447 e. The fourth-order valence-corrected chi connectivity index (χ4v) is 3.31. The van der Waals surface area contributed by atoms with Gasteiger partial charge in [0.2, 0.25) is 4.96 Å². The van der Waals surface area contributed by atoms with Gasteiger partial charge >= 0.3 is 0 Å². The molecule has 0 atom stereocenters. The van der Waals surface area contributed by atoms with Gasteiger partial charge in [-0.3, -0.25) is 0 Å². The Labute approximate surface area is 126 Å². The van der Waals surface area contributed by atoms with E-state index in [0.29, 0.717) is 9.92 Å². The van der Waals surface area contributed by atoms with Crippen LogP contribution in [-0.4, -0.2) is 25.1 Å². The molecule has 3 aromatic heterocycles. The number of nitrogens with zero attached hydrogens (tertiary/aromatic N) is 4. The van der Waals surface area contributed by atoms with Crippen molar-refractivity contribution in [3.63, 3.8) is 0 Å². The van der Waals surface area contributed by atoms with Gasteiger partial charge in [-0.1, -0.05) is 25.2 Å². The third-order valence-electron chi connectivity index (χ3n) is 2.39. The summed E-state index contributed by atoms with van der Waals surface area (Å²) in [5.41, 5.74) is 0. The quantitative estimate of drug-likeness (QED) is 0.708. The van der Waals surface area contributed by atoms with E-state index in [-0.39, 0.29) is 0 Å². The second-order valence-corrected chi connectivity index (χ2v) is 7.48. The highest BCUT2D eigenvalue weighted by Crippen LogP contribution is 2.29. The van der Waals surface area contributed by atoms with Gasteiger partial charge in [-0.25, -0.2) is 0 Å². The van der Waals surface area contributed by atoms with Crippen LogP contribution >= 0.6 is 39.0 Å². The molecule has 0 aliphatic carbocycles. The van der Waals surface area contributed by atoms with Crippen molar-refractivity contribution in [1.29, 1.82) is 0 Å². The predicted octanol–water partition coefficient (Wildman–Crippen LogP) is 3.85. The molecule has 0 saturated carbocycles. The average molecular weight is 359 g/mol. The normalized spacial score (nSPS) is 11.8. The Hall–Kier alpha value is -0.860. The van der Waals surface area contributed by atoms with Gasteiger partial charge < -0.3 is 4.42 Å². The lowest BCUT2D eigenvalue weighted by Gasteiger charge is -2.00. The number of thioether (sulfide) groups is 1.